The maximum absolute atomic E-state index is 10.5. The van der Waals surface area contributed by atoms with E-state index in [1.165, 1.54) is 9.79 Å². The lowest BCUT2D eigenvalue weighted by Crippen LogP contribution is -2.08. The first-order chi connectivity index (χ1) is 10.6. The van der Waals surface area contributed by atoms with Gasteiger partial charge in [-0.15, -0.1) is 0 Å². The largest absolute Gasteiger partial charge is 0.460 e. The molecule has 1 N–H and O–H groups in total. The molecule has 0 unspecified atom stereocenters. The number of carbonyl (C=O) groups excluding carboxylic acids is 1. The Hall–Kier alpha value is -2.04. The third-order valence-electron chi connectivity index (χ3n) is 2.40. The van der Waals surface area contributed by atoms with E-state index in [0.29, 0.717) is 5.57 Å². The second-order valence-corrected chi connectivity index (χ2v) is 5.51. The molecule has 0 saturated heterocycles. The lowest BCUT2D eigenvalue weighted by atomic mass is 10.4. The Kier molecular flexibility index (Phi) is 8.72. The maximum atomic E-state index is 10.5. The fraction of sp³-hybridized carbons (Fsp3) is 0.167. The molecule has 0 radical (unpaired) electrons. The maximum Gasteiger partial charge on any atom is 0.333 e. The number of benzene rings is 2. The number of hydrogen-bond donors (Lipinski definition) is 1. The second-order valence-electron chi connectivity index (χ2n) is 4.37. The number of aliphatic hydroxyl groups excluding tert-OH is 1. The van der Waals surface area contributed by atoms with E-state index in [0.717, 1.165) is 0 Å². The third kappa shape index (κ3) is 7.67. The number of aliphatic hydroxyl groups is 1. The van der Waals surface area contributed by atoms with Crippen molar-refractivity contribution in [2.24, 2.45) is 0 Å². The molecule has 4 heteroatoms. The molecule has 0 amide bonds. The lowest BCUT2D eigenvalue weighted by Gasteiger charge is -1.99. The lowest BCUT2D eigenvalue weighted by molar-refractivity contribution is -0.139. The molecule has 0 aliphatic heterocycles. The highest BCUT2D eigenvalue weighted by atomic mass is 32.2. The molecule has 2 rings (SSSR count). The van der Waals surface area contributed by atoms with Crippen LogP contribution in [0.2, 0.25) is 0 Å². The summed E-state index contributed by atoms with van der Waals surface area (Å²) in [7, 11) is 0. The molecule has 0 heterocycles. The van der Waals surface area contributed by atoms with Crippen molar-refractivity contribution >= 4 is 17.7 Å². The molecule has 116 valence electrons. The molecule has 3 nitrogen and oxygen atoms in total. The molecule has 2 aromatic carbocycles. The number of rotatable bonds is 5. The first-order valence-corrected chi connectivity index (χ1v) is 7.66. The van der Waals surface area contributed by atoms with Gasteiger partial charge in [0.05, 0.1) is 6.61 Å². The van der Waals surface area contributed by atoms with E-state index in [2.05, 4.69) is 59.8 Å². The fourth-order valence-electron chi connectivity index (χ4n) is 1.37. The molecule has 0 spiro atoms. The summed E-state index contributed by atoms with van der Waals surface area (Å²) in [6.07, 6.45) is 0. The van der Waals surface area contributed by atoms with Crippen LogP contribution in [0, 0.1) is 0 Å². The van der Waals surface area contributed by atoms with Gasteiger partial charge in [-0.05, 0) is 31.2 Å². The fourth-order valence-corrected chi connectivity index (χ4v) is 2.23. The zero-order valence-electron chi connectivity index (χ0n) is 12.6. The zero-order chi connectivity index (χ0) is 16.2. The summed E-state index contributed by atoms with van der Waals surface area (Å²) in [5.41, 5.74) is 0.350. The number of carbonyl (C=O) groups is 1. The van der Waals surface area contributed by atoms with Crippen LogP contribution in [-0.2, 0) is 9.53 Å². The van der Waals surface area contributed by atoms with Crippen molar-refractivity contribution in [3.05, 3.63) is 72.8 Å². The predicted octanol–water partition coefficient (Wildman–Crippen LogP) is 3.94. The van der Waals surface area contributed by atoms with E-state index in [-0.39, 0.29) is 13.2 Å². The molecule has 22 heavy (non-hydrogen) atoms. The van der Waals surface area contributed by atoms with Crippen molar-refractivity contribution in [1.29, 1.82) is 0 Å². The normalized spacial score (nSPS) is 9.36. The van der Waals surface area contributed by atoms with Crippen molar-refractivity contribution in [2.45, 2.75) is 16.7 Å². The number of hydrogen-bond acceptors (Lipinski definition) is 4. The van der Waals surface area contributed by atoms with Gasteiger partial charge in [-0.2, -0.15) is 0 Å². The van der Waals surface area contributed by atoms with Crippen LogP contribution in [0.4, 0.5) is 0 Å². The van der Waals surface area contributed by atoms with Crippen molar-refractivity contribution in [2.75, 3.05) is 13.2 Å². The highest BCUT2D eigenvalue weighted by molar-refractivity contribution is 7.99. The van der Waals surface area contributed by atoms with Gasteiger partial charge < -0.3 is 9.84 Å². The van der Waals surface area contributed by atoms with Crippen LogP contribution in [0.15, 0.2) is 82.6 Å². The minimum absolute atomic E-state index is 0.0473. The summed E-state index contributed by atoms with van der Waals surface area (Å²) >= 11 is 1.79. The van der Waals surface area contributed by atoms with Gasteiger partial charge in [0.25, 0.3) is 0 Å². The summed E-state index contributed by atoms with van der Waals surface area (Å²) in [4.78, 5) is 13.0. The zero-order valence-corrected chi connectivity index (χ0v) is 13.4. The molecule has 2 aromatic rings. The smallest absolute Gasteiger partial charge is 0.333 e. The van der Waals surface area contributed by atoms with E-state index < -0.39 is 5.97 Å². The quantitative estimate of drug-likeness (QED) is 0.670. The van der Waals surface area contributed by atoms with Crippen molar-refractivity contribution < 1.29 is 14.6 Å². The van der Waals surface area contributed by atoms with Crippen molar-refractivity contribution in [3.8, 4) is 0 Å². The van der Waals surface area contributed by atoms with Crippen molar-refractivity contribution in [1.82, 2.24) is 0 Å². The van der Waals surface area contributed by atoms with E-state index in [1.54, 1.807) is 18.7 Å². The molecule has 0 saturated carbocycles. The minimum Gasteiger partial charge on any atom is -0.460 e. The van der Waals surface area contributed by atoms with Crippen LogP contribution in [0.3, 0.4) is 0 Å². The molecule has 0 bridgehead atoms. The Bertz CT molecular complexity index is 530. The predicted molar refractivity (Wildman–Crippen MR) is 89.9 cm³/mol. The topological polar surface area (TPSA) is 46.5 Å². The van der Waals surface area contributed by atoms with Crippen LogP contribution in [-0.4, -0.2) is 24.3 Å². The molecule has 0 aliphatic rings. The molecular weight excluding hydrogens is 296 g/mol. The van der Waals surface area contributed by atoms with E-state index in [1.807, 2.05) is 12.1 Å². The van der Waals surface area contributed by atoms with Gasteiger partial charge >= 0.3 is 5.97 Å². The summed E-state index contributed by atoms with van der Waals surface area (Å²) < 4.78 is 4.46. The van der Waals surface area contributed by atoms with E-state index in [4.69, 9.17) is 5.11 Å². The van der Waals surface area contributed by atoms with Crippen LogP contribution in [0.5, 0.6) is 0 Å². The van der Waals surface area contributed by atoms with Crippen molar-refractivity contribution in [3.63, 3.8) is 0 Å². The van der Waals surface area contributed by atoms with Gasteiger partial charge in [0.2, 0.25) is 0 Å². The third-order valence-corrected chi connectivity index (χ3v) is 3.41. The molecule has 0 aliphatic carbocycles. The molecular formula is C18H20O3S. The Morgan fingerprint density at radius 1 is 1.05 bits per heavy atom. The Morgan fingerprint density at radius 3 is 1.86 bits per heavy atom. The Labute approximate surface area is 135 Å². The molecule has 0 fully saturated rings. The standard InChI is InChI=1S/C12H10S.C6H10O3/c1-3-7-11(8-4-1)13-12-9-5-2-6-10-12;1-5(2)6(8)9-4-3-7/h1-10H;7H,1,3-4H2,2H3. The van der Waals surface area contributed by atoms with Crippen LogP contribution >= 0.6 is 11.8 Å². The van der Waals surface area contributed by atoms with Crippen LogP contribution < -0.4 is 0 Å². The molecule has 0 atom stereocenters. The van der Waals surface area contributed by atoms with Gasteiger partial charge in [0.1, 0.15) is 6.61 Å². The van der Waals surface area contributed by atoms with Gasteiger partial charge in [-0.1, -0.05) is 54.7 Å². The minimum atomic E-state index is -0.455. The highest BCUT2D eigenvalue weighted by Crippen LogP contribution is 2.26. The monoisotopic (exact) mass is 316 g/mol. The number of esters is 1. The average Bonchev–Trinajstić information content (AvgIpc) is 2.55. The molecule has 0 aromatic heterocycles. The SMILES string of the molecule is C=C(C)C(=O)OCCO.c1ccc(Sc2ccccc2)cc1. The van der Waals surface area contributed by atoms with Crippen LogP contribution in [0.25, 0.3) is 0 Å². The first kappa shape index (κ1) is 18.0. The summed E-state index contributed by atoms with van der Waals surface area (Å²) in [6.45, 7) is 4.81. The Balaban J connectivity index is 0.000000239. The van der Waals surface area contributed by atoms with Crippen LogP contribution in [0.1, 0.15) is 6.92 Å². The second kappa shape index (κ2) is 10.7. The van der Waals surface area contributed by atoms with E-state index in [9.17, 15) is 4.79 Å². The summed E-state index contributed by atoms with van der Waals surface area (Å²) in [5.74, 6) is -0.455. The van der Waals surface area contributed by atoms with E-state index >= 15 is 0 Å². The summed E-state index contributed by atoms with van der Waals surface area (Å²) in [6, 6.07) is 20.8. The number of ether oxygens (including phenoxy) is 1. The van der Waals surface area contributed by atoms with Gasteiger partial charge in [0, 0.05) is 15.4 Å². The Morgan fingerprint density at radius 2 is 1.50 bits per heavy atom. The van der Waals surface area contributed by atoms with Gasteiger partial charge in [-0.25, -0.2) is 4.79 Å². The highest BCUT2D eigenvalue weighted by Gasteiger charge is 1.99. The average molecular weight is 316 g/mol. The van der Waals surface area contributed by atoms with Gasteiger partial charge in [-0.3, -0.25) is 0 Å². The summed E-state index contributed by atoms with van der Waals surface area (Å²) in [5, 5.41) is 8.19. The first-order valence-electron chi connectivity index (χ1n) is 6.85. The van der Waals surface area contributed by atoms with Gasteiger partial charge in [0.15, 0.2) is 0 Å².